The minimum Gasteiger partial charge on any atom is -0.348 e. The minimum absolute atomic E-state index is 0.304. The lowest BCUT2D eigenvalue weighted by atomic mass is 10.1. The maximum atomic E-state index is 13.0. The van der Waals surface area contributed by atoms with Crippen LogP contribution in [0.3, 0.4) is 0 Å². The number of benzene rings is 2. The van der Waals surface area contributed by atoms with E-state index in [1.165, 1.54) is 23.5 Å². The van der Waals surface area contributed by atoms with Crippen molar-refractivity contribution in [3.05, 3.63) is 70.0 Å². The minimum atomic E-state index is -0.559. The summed E-state index contributed by atoms with van der Waals surface area (Å²) in [5.41, 5.74) is 1.49. The van der Waals surface area contributed by atoms with E-state index in [-0.39, 0.29) is 12.4 Å². The van der Waals surface area contributed by atoms with Crippen molar-refractivity contribution < 1.29 is 9.31 Å². The van der Waals surface area contributed by atoms with Gasteiger partial charge in [-0.1, -0.05) is 35.6 Å². The molecule has 1 aromatic heterocycles. The molecule has 1 N–H and O–H groups in total. The molecule has 0 spiro atoms. The van der Waals surface area contributed by atoms with Crippen LogP contribution in [-0.4, -0.2) is 16.5 Å². The van der Waals surface area contributed by atoms with Crippen molar-refractivity contribution in [1.29, 1.82) is 0 Å². The molecule has 0 aliphatic carbocycles. The van der Waals surface area contributed by atoms with Crippen LogP contribution >= 0.6 is 11.3 Å². The summed E-state index contributed by atoms with van der Waals surface area (Å²) in [5, 5.41) is 14.6. The first kappa shape index (κ1) is 14.4. The summed E-state index contributed by atoms with van der Waals surface area (Å²) >= 11 is 1.43. The topological polar surface area (TPSA) is 68.1 Å². The maximum Gasteiger partial charge on any atom is 0.227 e. The highest BCUT2D eigenvalue weighted by molar-refractivity contribution is 7.22. The third kappa shape index (κ3) is 3.20. The van der Waals surface area contributed by atoms with Gasteiger partial charge in [-0.2, -0.15) is 0 Å². The monoisotopic (exact) mass is 317 g/mol. The zero-order valence-corrected chi connectivity index (χ0v) is 12.2. The Hall–Kier alpha value is -2.54. The number of para-hydroxylation sites is 1. The van der Waals surface area contributed by atoms with E-state index in [2.05, 4.69) is 10.3 Å². The van der Waals surface area contributed by atoms with Gasteiger partial charge in [0.1, 0.15) is 11.9 Å². The number of nitrogens with zero attached hydrogens (tertiary/aromatic N) is 2. The summed E-state index contributed by atoms with van der Waals surface area (Å²) in [5.74, 6) is -0.372. The Bertz CT molecular complexity index is 771. The van der Waals surface area contributed by atoms with E-state index < -0.39 is 11.0 Å². The summed E-state index contributed by atoms with van der Waals surface area (Å²) in [6.07, 6.45) is 0. The molecule has 1 atom stereocenters. The fraction of sp³-hybridized carbons (Fsp3) is 0.133. The summed E-state index contributed by atoms with van der Waals surface area (Å²) in [6.45, 7) is -0.304. The molecular weight excluding hydrogens is 305 g/mol. The van der Waals surface area contributed by atoms with Gasteiger partial charge in [-0.05, 0) is 29.8 Å². The van der Waals surface area contributed by atoms with Crippen LogP contribution in [0.4, 0.5) is 9.52 Å². The van der Waals surface area contributed by atoms with Crippen molar-refractivity contribution in [1.82, 2.24) is 4.98 Å². The molecule has 22 heavy (non-hydrogen) atoms. The molecule has 0 bridgehead atoms. The Morgan fingerprint density at radius 3 is 2.64 bits per heavy atom. The number of thiazole rings is 1. The van der Waals surface area contributed by atoms with Gasteiger partial charge in [-0.15, -0.1) is 0 Å². The summed E-state index contributed by atoms with van der Waals surface area (Å²) < 4.78 is 14.0. The van der Waals surface area contributed by atoms with Crippen LogP contribution in [0.2, 0.25) is 0 Å². The molecule has 2 aromatic carbocycles. The van der Waals surface area contributed by atoms with E-state index in [1.54, 1.807) is 12.1 Å². The molecule has 0 aliphatic heterocycles. The molecule has 0 radical (unpaired) electrons. The highest BCUT2D eigenvalue weighted by Crippen LogP contribution is 2.28. The average molecular weight is 317 g/mol. The van der Waals surface area contributed by atoms with E-state index in [0.717, 1.165) is 10.2 Å². The second-order valence-corrected chi connectivity index (χ2v) is 5.78. The predicted molar refractivity (Wildman–Crippen MR) is 84.2 cm³/mol. The van der Waals surface area contributed by atoms with E-state index in [9.17, 15) is 14.5 Å². The van der Waals surface area contributed by atoms with Crippen LogP contribution in [0.5, 0.6) is 0 Å². The molecule has 5 nitrogen and oxygen atoms in total. The Kier molecular flexibility index (Phi) is 3.97. The lowest BCUT2D eigenvalue weighted by Gasteiger charge is -2.14. The van der Waals surface area contributed by atoms with Crippen LogP contribution in [-0.2, 0) is 0 Å². The van der Waals surface area contributed by atoms with Crippen molar-refractivity contribution in [2.45, 2.75) is 6.04 Å². The molecule has 112 valence electrons. The SMILES string of the molecule is O=[N+]([O-])C[C@@H](Nc1nc2ccccc2s1)c1ccc(F)cc1. The Morgan fingerprint density at radius 1 is 1.23 bits per heavy atom. The van der Waals surface area contributed by atoms with Crippen molar-refractivity contribution in [2.75, 3.05) is 11.9 Å². The van der Waals surface area contributed by atoms with Crippen LogP contribution < -0.4 is 5.32 Å². The van der Waals surface area contributed by atoms with Gasteiger partial charge >= 0.3 is 0 Å². The summed E-state index contributed by atoms with van der Waals surface area (Å²) in [7, 11) is 0. The standard InChI is InChI=1S/C15H12FN3O2S/c16-11-7-5-10(6-8-11)13(9-19(20)21)18-15-17-12-3-1-2-4-14(12)22-15/h1-8,13H,9H2,(H,17,18)/t13-/m1/s1. The van der Waals surface area contributed by atoms with Crippen LogP contribution in [0, 0.1) is 15.9 Å². The number of anilines is 1. The van der Waals surface area contributed by atoms with Gasteiger partial charge in [-0.3, -0.25) is 10.1 Å². The van der Waals surface area contributed by atoms with Crippen molar-refractivity contribution >= 4 is 26.7 Å². The molecule has 0 unspecified atom stereocenters. The number of nitrogens with one attached hydrogen (secondary N) is 1. The fourth-order valence-electron chi connectivity index (χ4n) is 2.16. The molecule has 0 aliphatic rings. The Balaban J connectivity index is 1.88. The number of hydrogen-bond acceptors (Lipinski definition) is 5. The van der Waals surface area contributed by atoms with Crippen LogP contribution in [0.15, 0.2) is 48.5 Å². The number of halogens is 1. The van der Waals surface area contributed by atoms with E-state index in [1.807, 2.05) is 24.3 Å². The second kappa shape index (κ2) is 6.07. The van der Waals surface area contributed by atoms with Gasteiger partial charge in [0.15, 0.2) is 5.13 Å². The van der Waals surface area contributed by atoms with Crippen molar-refractivity contribution in [2.24, 2.45) is 0 Å². The molecule has 7 heteroatoms. The zero-order valence-electron chi connectivity index (χ0n) is 11.4. The first-order chi connectivity index (χ1) is 10.6. The first-order valence-corrected chi connectivity index (χ1v) is 7.43. The van der Waals surface area contributed by atoms with Gasteiger partial charge in [0, 0.05) is 4.92 Å². The maximum absolute atomic E-state index is 13.0. The predicted octanol–water partition coefficient (Wildman–Crippen LogP) is 3.87. The van der Waals surface area contributed by atoms with Gasteiger partial charge in [0.05, 0.1) is 10.2 Å². The Morgan fingerprint density at radius 2 is 1.95 bits per heavy atom. The Labute approximate surface area is 129 Å². The van der Waals surface area contributed by atoms with Crippen LogP contribution in [0.25, 0.3) is 10.2 Å². The lowest BCUT2D eigenvalue weighted by molar-refractivity contribution is -0.482. The van der Waals surface area contributed by atoms with Gasteiger partial charge in [0.25, 0.3) is 0 Å². The number of rotatable bonds is 5. The molecule has 1 heterocycles. The molecule has 0 saturated carbocycles. The molecular formula is C15H12FN3O2S. The molecule has 0 saturated heterocycles. The molecule has 0 fully saturated rings. The number of aromatic nitrogens is 1. The van der Waals surface area contributed by atoms with Crippen LogP contribution in [0.1, 0.15) is 11.6 Å². The lowest BCUT2D eigenvalue weighted by Crippen LogP contribution is -2.20. The molecule has 0 amide bonds. The second-order valence-electron chi connectivity index (χ2n) is 4.75. The highest BCUT2D eigenvalue weighted by atomic mass is 32.1. The normalized spacial score (nSPS) is 12.2. The van der Waals surface area contributed by atoms with Gasteiger partial charge in [-0.25, -0.2) is 9.37 Å². The average Bonchev–Trinajstić information content (AvgIpc) is 2.89. The molecule has 3 aromatic rings. The van der Waals surface area contributed by atoms with E-state index in [0.29, 0.717) is 10.7 Å². The number of fused-ring (bicyclic) bond motifs is 1. The fourth-order valence-corrected chi connectivity index (χ4v) is 3.08. The zero-order chi connectivity index (χ0) is 15.5. The third-order valence-corrected chi connectivity index (χ3v) is 4.16. The summed E-state index contributed by atoms with van der Waals surface area (Å²) in [4.78, 5) is 14.9. The highest BCUT2D eigenvalue weighted by Gasteiger charge is 2.19. The summed E-state index contributed by atoms with van der Waals surface area (Å²) in [6, 6.07) is 12.8. The van der Waals surface area contributed by atoms with E-state index in [4.69, 9.17) is 0 Å². The first-order valence-electron chi connectivity index (χ1n) is 6.61. The van der Waals surface area contributed by atoms with Crippen molar-refractivity contribution in [3.8, 4) is 0 Å². The van der Waals surface area contributed by atoms with Gasteiger partial charge < -0.3 is 5.32 Å². The smallest absolute Gasteiger partial charge is 0.227 e. The number of nitro groups is 1. The van der Waals surface area contributed by atoms with Crippen molar-refractivity contribution in [3.63, 3.8) is 0 Å². The quantitative estimate of drug-likeness (QED) is 0.573. The molecule has 3 rings (SSSR count). The largest absolute Gasteiger partial charge is 0.348 e. The van der Waals surface area contributed by atoms with E-state index >= 15 is 0 Å². The van der Waals surface area contributed by atoms with Gasteiger partial charge in [0.2, 0.25) is 6.54 Å². The third-order valence-electron chi connectivity index (χ3n) is 3.20. The number of hydrogen-bond donors (Lipinski definition) is 1.